The van der Waals surface area contributed by atoms with Crippen LogP contribution in [0.15, 0.2) is 35.4 Å². The van der Waals surface area contributed by atoms with Crippen molar-refractivity contribution in [2.45, 2.75) is 32.1 Å². The number of likely N-dealkylation sites (tertiary alicyclic amines) is 1. The van der Waals surface area contributed by atoms with Crippen molar-refractivity contribution in [3.05, 3.63) is 52.1 Å². The van der Waals surface area contributed by atoms with Gasteiger partial charge in [-0.15, -0.1) is 0 Å². The van der Waals surface area contributed by atoms with E-state index in [4.69, 9.17) is 0 Å². The normalized spacial score (nSPS) is 19.0. The van der Waals surface area contributed by atoms with Crippen LogP contribution in [0, 0.1) is 5.92 Å². The fourth-order valence-electron chi connectivity index (χ4n) is 5.58. The Morgan fingerprint density at radius 1 is 1.21 bits per heavy atom. The van der Waals surface area contributed by atoms with E-state index in [-0.39, 0.29) is 11.3 Å². The second-order valence-electron chi connectivity index (χ2n) is 9.73. The highest BCUT2D eigenvalue weighted by atomic mass is 32.2. The summed E-state index contributed by atoms with van der Waals surface area (Å²) in [7, 11) is -1.39. The Labute approximate surface area is 194 Å². The van der Waals surface area contributed by atoms with Gasteiger partial charge in [-0.25, -0.2) is 8.42 Å². The Bertz CT molecular complexity index is 1370. The van der Waals surface area contributed by atoms with Crippen LogP contribution in [0.2, 0.25) is 0 Å². The number of hydrogen-bond donors (Lipinski definition) is 1. The van der Waals surface area contributed by atoms with Crippen LogP contribution in [0.1, 0.15) is 30.9 Å². The summed E-state index contributed by atoms with van der Waals surface area (Å²) in [5.74, 6) is 0.576. The van der Waals surface area contributed by atoms with Crippen LogP contribution in [-0.4, -0.2) is 55.3 Å². The first-order valence-electron chi connectivity index (χ1n) is 11.7. The number of nitrogens with one attached hydrogen (secondary N) is 1. The molecule has 2 aliphatic heterocycles. The monoisotopic (exact) mass is 468 g/mol. The molecule has 0 radical (unpaired) electrons. The van der Waals surface area contributed by atoms with E-state index in [0.29, 0.717) is 11.4 Å². The quantitative estimate of drug-likeness (QED) is 0.623. The Balaban J connectivity index is 1.65. The Hall–Kier alpha value is -2.58. The van der Waals surface area contributed by atoms with Gasteiger partial charge in [0.1, 0.15) is 5.52 Å². The molecule has 0 amide bonds. The highest BCUT2D eigenvalue weighted by Crippen LogP contribution is 2.41. The van der Waals surface area contributed by atoms with Crippen molar-refractivity contribution < 1.29 is 8.42 Å². The van der Waals surface area contributed by atoms with Crippen molar-refractivity contribution in [2.24, 2.45) is 13.0 Å². The van der Waals surface area contributed by atoms with Gasteiger partial charge < -0.3 is 19.4 Å². The number of hydrogen-bond acceptors (Lipinski definition) is 5. The maximum absolute atomic E-state index is 12.8. The molecule has 4 heterocycles. The first-order chi connectivity index (χ1) is 15.7. The summed E-state index contributed by atoms with van der Waals surface area (Å²) in [4.78, 5) is 21.0. The molecule has 2 aliphatic rings. The number of sulfone groups is 1. The summed E-state index contributed by atoms with van der Waals surface area (Å²) in [6.45, 7) is 7.23. The zero-order valence-electron chi connectivity index (χ0n) is 19.6. The second kappa shape index (κ2) is 8.33. The SMILES string of the molecule is CCN1CCCC(CN2Cc3c[nH]c4c(=O)n(C)cc(c34)-c3cc(CS(C)(=O)=O)ccc32)C1. The van der Waals surface area contributed by atoms with Crippen molar-refractivity contribution >= 4 is 26.4 Å². The molecule has 1 unspecified atom stereocenters. The van der Waals surface area contributed by atoms with Crippen molar-refractivity contribution in [3.63, 3.8) is 0 Å². The van der Waals surface area contributed by atoms with Crippen LogP contribution in [0.4, 0.5) is 5.69 Å². The second-order valence-corrected chi connectivity index (χ2v) is 11.9. The topological polar surface area (TPSA) is 78.4 Å². The molecule has 0 spiro atoms. The third-order valence-electron chi connectivity index (χ3n) is 7.10. The molecule has 3 aromatic rings. The highest BCUT2D eigenvalue weighted by molar-refractivity contribution is 7.89. The van der Waals surface area contributed by atoms with Gasteiger partial charge in [0.05, 0.1) is 5.75 Å². The zero-order valence-corrected chi connectivity index (χ0v) is 20.4. The standard InChI is InChI=1S/C25H32N4O3S/c1-4-28-9-5-6-18(12-28)13-29-14-19-11-26-24-23(19)21(15-27(2)25(24)30)20-10-17(7-8-22(20)29)16-33(3,31)32/h7-8,10-11,15,18,26H,4-6,9,12-14,16H2,1-3H3. The molecule has 7 nitrogen and oxygen atoms in total. The predicted octanol–water partition coefficient (Wildman–Crippen LogP) is 3.13. The van der Waals surface area contributed by atoms with E-state index in [9.17, 15) is 13.2 Å². The molecule has 1 aromatic carbocycles. The Morgan fingerprint density at radius 2 is 2.03 bits per heavy atom. The molecule has 2 aromatic heterocycles. The van der Waals surface area contributed by atoms with Gasteiger partial charge in [-0.2, -0.15) is 0 Å². The molecular weight excluding hydrogens is 436 g/mol. The van der Waals surface area contributed by atoms with E-state index >= 15 is 0 Å². The van der Waals surface area contributed by atoms with Gasteiger partial charge in [0.25, 0.3) is 5.56 Å². The maximum Gasteiger partial charge on any atom is 0.274 e. The molecule has 8 heteroatoms. The van der Waals surface area contributed by atoms with Gasteiger partial charge in [-0.3, -0.25) is 4.79 Å². The average Bonchev–Trinajstić information content (AvgIpc) is 3.14. The fraction of sp³-hybridized carbons (Fsp3) is 0.480. The van der Waals surface area contributed by atoms with Crippen molar-refractivity contribution in [2.75, 3.05) is 37.3 Å². The predicted molar refractivity (Wildman–Crippen MR) is 133 cm³/mol. The first kappa shape index (κ1) is 22.2. The first-order valence-corrected chi connectivity index (χ1v) is 13.8. The minimum absolute atomic E-state index is 0.00324. The number of piperidine rings is 1. The molecule has 1 N–H and O–H groups in total. The summed E-state index contributed by atoms with van der Waals surface area (Å²) >= 11 is 0. The van der Waals surface area contributed by atoms with E-state index in [0.717, 1.165) is 59.5 Å². The molecule has 0 aliphatic carbocycles. The number of anilines is 1. The molecule has 0 saturated carbocycles. The molecule has 1 fully saturated rings. The molecule has 1 atom stereocenters. The van der Waals surface area contributed by atoms with E-state index < -0.39 is 9.84 Å². The van der Waals surface area contributed by atoms with Crippen LogP contribution in [0.5, 0.6) is 0 Å². The number of nitrogens with zero attached hydrogens (tertiary/aromatic N) is 3. The summed E-state index contributed by atoms with van der Waals surface area (Å²) in [5, 5.41) is 0.956. The lowest BCUT2D eigenvalue weighted by Gasteiger charge is -2.36. The van der Waals surface area contributed by atoms with Gasteiger partial charge in [0.2, 0.25) is 0 Å². The van der Waals surface area contributed by atoms with Gasteiger partial charge in [-0.05, 0) is 55.1 Å². The van der Waals surface area contributed by atoms with Crippen molar-refractivity contribution in [3.8, 4) is 11.1 Å². The lowest BCUT2D eigenvalue weighted by molar-refractivity contribution is 0.184. The maximum atomic E-state index is 12.8. The smallest absolute Gasteiger partial charge is 0.274 e. The molecule has 0 bridgehead atoms. The summed E-state index contributed by atoms with van der Waals surface area (Å²) in [6.07, 6.45) is 7.56. The number of rotatable bonds is 5. The Morgan fingerprint density at radius 3 is 2.79 bits per heavy atom. The number of aryl methyl sites for hydroxylation is 1. The van der Waals surface area contributed by atoms with Crippen molar-refractivity contribution in [1.29, 1.82) is 0 Å². The van der Waals surface area contributed by atoms with E-state index in [2.05, 4.69) is 27.8 Å². The number of benzene rings is 1. The summed E-state index contributed by atoms with van der Waals surface area (Å²) in [5.41, 5.74) is 5.54. The zero-order chi connectivity index (χ0) is 23.3. The van der Waals surface area contributed by atoms with Gasteiger partial charge in [0.15, 0.2) is 9.84 Å². The van der Waals surface area contributed by atoms with Crippen LogP contribution in [-0.2, 0) is 29.2 Å². The van der Waals surface area contributed by atoms with Crippen molar-refractivity contribution in [1.82, 2.24) is 14.5 Å². The molecule has 33 heavy (non-hydrogen) atoms. The number of pyridine rings is 1. The minimum Gasteiger partial charge on any atom is -0.366 e. The van der Waals surface area contributed by atoms with Gasteiger partial charge in [-0.1, -0.05) is 13.0 Å². The van der Waals surface area contributed by atoms with Crippen LogP contribution >= 0.6 is 0 Å². The van der Waals surface area contributed by atoms with Crippen LogP contribution < -0.4 is 10.5 Å². The highest BCUT2D eigenvalue weighted by Gasteiger charge is 2.28. The number of aromatic nitrogens is 2. The lowest BCUT2D eigenvalue weighted by Crippen LogP contribution is -2.40. The molecule has 176 valence electrons. The number of fused-ring (bicyclic) bond motifs is 2. The van der Waals surface area contributed by atoms with Gasteiger partial charge in [0, 0.05) is 67.5 Å². The summed E-state index contributed by atoms with van der Waals surface area (Å²) < 4.78 is 25.6. The van der Waals surface area contributed by atoms with Gasteiger partial charge >= 0.3 is 0 Å². The molecular formula is C25H32N4O3S. The van der Waals surface area contributed by atoms with E-state index in [1.54, 1.807) is 11.6 Å². The average molecular weight is 469 g/mol. The minimum atomic E-state index is -3.16. The van der Waals surface area contributed by atoms with Crippen LogP contribution in [0.3, 0.4) is 0 Å². The largest absolute Gasteiger partial charge is 0.366 e. The molecule has 1 saturated heterocycles. The third-order valence-corrected chi connectivity index (χ3v) is 7.96. The Kier molecular flexibility index (Phi) is 5.61. The summed E-state index contributed by atoms with van der Waals surface area (Å²) in [6, 6.07) is 6.01. The molecule has 5 rings (SSSR count). The fourth-order valence-corrected chi connectivity index (χ4v) is 6.37. The number of aromatic amines is 1. The number of H-pyrrole nitrogens is 1. The lowest BCUT2D eigenvalue weighted by atomic mass is 9.96. The third kappa shape index (κ3) is 4.22. The van der Waals surface area contributed by atoms with E-state index in [1.807, 2.05) is 24.5 Å². The van der Waals surface area contributed by atoms with E-state index in [1.165, 1.54) is 25.6 Å². The van der Waals surface area contributed by atoms with Crippen LogP contribution in [0.25, 0.3) is 22.0 Å².